The van der Waals surface area contributed by atoms with E-state index in [1.807, 2.05) is 17.6 Å². The van der Waals surface area contributed by atoms with Gasteiger partial charge in [0.2, 0.25) is 0 Å². The van der Waals surface area contributed by atoms with Gasteiger partial charge in [-0.3, -0.25) is 9.69 Å². The van der Waals surface area contributed by atoms with E-state index in [1.54, 1.807) is 18.4 Å². The Balaban J connectivity index is 1.33. The van der Waals surface area contributed by atoms with Crippen LogP contribution in [0.25, 0.3) is 0 Å². The molecule has 0 atom stereocenters. The van der Waals surface area contributed by atoms with Crippen molar-refractivity contribution in [2.24, 2.45) is 0 Å². The Morgan fingerprint density at radius 2 is 2.21 bits per heavy atom. The first-order chi connectivity index (χ1) is 14.1. The highest BCUT2D eigenvalue weighted by molar-refractivity contribution is 7.09. The fourth-order valence-electron chi connectivity index (χ4n) is 4.14. The van der Waals surface area contributed by atoms with E-state index in [1.165, 1.54) is 10.4 Å². The molecule has 1 N–H and O–H groups in total. The first-order valence-corrected chi connectivity index (χ1v) is 11.2. The van der Waals surface area contributed by atoms with E-state index < -0.39 is 5.60 Å². The molecule has 4 rings (SSSR count). The van der Waals surface area contributed by atoms with Crippen LogP contribution in [0, 0.1) is 6.92 Å². The van der Waals surface area contributed by atoms with Crippen LogP contribution in [0.3, 0.4) is 0 Å². The molecule has 0 radical (unpaired) electrons. The lowest BCUT2D eigenvalue weighted by Gasteiger charge is -2.39. The number of likely N-dealkylation sites (tertiary alicyclic amines) is 1. The highest BCUT2D eigenvalue weighted by atomic mass is 32.1. The first-order valence-electron chi connectivity index (χ1n) is 10.3. The minimum absolute atomic E-state index is 0.0115. The van der Waals surface area contributed by atoms with Crippen LogP contribution in [0.2, 0.25) is 0 Å². The van der Waals surface area contributed by atoms with Crippen molar-refractivity contribution in [3.05, 3.63) is 45.4 Å². The third kappa shape index (κ3) is 4.47. The van der Waals surface area contributed by atoms with E-state index in [0.717, 1.165) is 56.1 Å². The molecule has 2 aromatic rings. The van der Waals surface area contributed by atoms with Crippen molar-refractivity contribution in [1.29, 1.82) is 0 Å². The summed E-state index contributed by atoms with van der Waals surface area (Å²) in [7, 11) is 1.65. The van der Waals surface area contributed by atoms with Gasteiger partial charge >= 0.3 is 0 Å². The third-order valence-electron chi connectivity index (χ3n) is 6.11. The van der Waals surface area contributed by atoms with Gasteiger partial charge in [-0.15, -0.1) is 11.3 Å². The molecule has 1 fully saturated rings. The number of benzene rings is 1. The molecule has 156 valence electrons. The van der Waals surface area contributed by atoms with Gasteiger partial charge in [0, 0.05) is 38.2 Å². The molecule has 0 aliphatic carbocycles. The maximum absolute atomic E-state index is 13.0. The van der Waals surface area contributed by atoms with Crippen LogP contribution >= 0.6 is 11.3 Å². The van der Waals surface area contributed by atoms with E-state index in [0.29, 0.717) is 19.4 Å². The molecule has 7 heteroatoms. The molecule has 1 aromatic heterocycles. The third-order valence-corrected chi connectivity index (χ3v) is 7.03. The molecular weight excluding hydrogens is 386 g/mol. The van der Waals surface area contributed by atoms with Crippen LogP contribution in [0.5, 0.6) is 5.75 Å². The van der Waals surface area contributed by atoms with Gasteiger partial charge in [-0.2, -0.15) is 0 Å². The monoisotopic (exact) mass is 415 g/mol. The van der Waals surface area contributed by atoms with E-state index in [9.17, 15) is 4.79 Å². The molecule has 6 nitrogen and oxygen atoms in total. The Bertz CT molecular complexity index is 859. The van der Waals surface area contributed by atoms with Crippen LogP contribution in [0.4, 0.5) is 0 Å². The molecule has 1 amide bonds. The van der Waals surface area contributed by atoms with Crippen LogP contribution in [-0.2, 0) is 29.0 Å². The number of methoxy groups -OCH3 is 1. The summed E-state index contributed by atoms with van der Waals surface area (Å²) in [5.41, 5.74) is 4.60. The Morgan fingerprint density at radius 3 is 2.93 bits per heavy atom. The maximum Gasteiger partial charge on any atom is 0.252 e. The van der Waals surface area contributed by atoms with Gasteiger partial charge in [0.1, 0.15) is 11.4 Å². The van der Waals surface area contributed by atoms with E-state index in [2.05, 4.69) is 28.2 Å². The zero-order valence-electron chi connectivity index (χ0n) is 17.2. The summed E-state index contributed by atoms with van der Waals surface area (Å²) in [5.74, 6) is 0.964. The number of nitrogens with zero attached hydrogens (tertiary/aromatic N) is 2. The lowest BCUT2D eigenvalue weighted by Crippen LogP contribution is -2.54. The second kappa shape index (κ2) is 8.81. The Kier molecular flexibility index (Phi) is 6.18. The van der Waals surface area contributed by atoms with Gasteiger partial charge in [0.25, 0.3) is 5.91 Å². The minimum Gasteiger partial charge on any atom is -0.493 e. The SMILES string of the molecule is COC1(C(=O)NCc2ccc3c(c2)CCCO3)CCN(Cc2scnc2C)CC1. The van der Waals surface area contributed by atoms with Gasteiger partial charge in [-0.25, -0.2) is 4.98 Å². The smallest absolute Gasteiger partial charge is 0.252 e. The normalized spacial score (nSPS) is 18.7. The molecule has 0 spiro atoms. The number of thiazole rings is 1. The van der Waals surface area contributed by atoms with Crippen LogP contribution in [0.1, 0.15) is 41.0 Å². The number of hydrogen-bond donors (Lipinski definition) is 1. The van der Waals surface area contributed by atoms with Crippen molar-refractivity contribution in [2.45, 2.75) is 51.3 Å². The lowest BCUT2D eigenvalue weighted by atomic mass is 9.89. The Labute approximate surface area is 176 Å². The highest BCUT2D eigenvalue weighted by Crippen LogP contribution is 2.29. The van der Waals surface area contributed by atoms with E-state index >= 15 is 0 Å². The standard InChI is InChI=1S/C22H29N3O3S/c1-16-20(29-15-24-16)14-25-9-7-22(27-2,8-10-25)21(26)23-13-17-5-6-19-18(12-17)4-3-11-28-19/h5-6,12,15H,3-4,7-11,13-14H2,1-2H3,(H,23,26). The summed E-state index contributed by atoms with van der Waals surface area (Å²) in [6.45, 7) is 5.94. The summed E-state index contributed by atoms with van der Waals surface area (Å²) in [6.07, 6.45) is 3.48. The molecule has 0 unspecified atom stereocenters. The predicted molar refractivity (Wildman–Crippen MR) is 113 cm³/mol. The number of piperidine rings is 1. The van der Waals surface area contributed by atoms with Gasteiger partial charge in [0.05, 0.1) is 17.8 Å². The quantitative estimate of drug-likeness (QED) is 0.786. The predicted octanol–water partition coefficient (Wildman–Crippen LogP) is 3.07. The number of fused-ring (bicyclic) bond motifs is 1. The number of amides is 1. The van der Waals surface area contributed by atoms with E-state index in [4.69, 9.17) is 9.47 Å². The molecule has 1 aromatic carbocycles. The van der Waals surface area contributed by atoms with Crippen molar-refractivity contribution in [3.63, 3.8) is 0 Å². The largest absolute Gasteiger partial charge is 0.493 e. The zero-order valence-corrected chi connectivity index (χ0v) is 18.0. The molecular formula is C22H29N3O3S. The number of carbonyl (C=O) groups excluding carboxylic acids is 1. The van der Waals surface area contributed by atoms with Gasteiger partial charge in [-0.1, -0.05) is 12.1 Å². The topological polar surface area (TPSA) is 63.7 Å². The highest BCUT2D eigenvalue weighted by Gasteiger charge is 2.41. The molecule has 2 aliphatic rings. The van der Waals surface area contributed by atoms with Gasteiger partial charge in [-0.05, 0) is 49.8 Å². The fourth-order valence-corrected chi connectivity index (χ4v) is 4.96. The Morgan fingerprint density at radius 1 is 1.38 bits per heavy atom. The van der Waals surface area contributed by atoms with E-state index in [-0.39, 0.29) is 5.91 Å². The number of hydrogen-bond acceptors (Lipinski definition) is 6. The summed E-state index contributed by atoms with van der Waals surface area (Å²) >= 11 is 1.70. The van der Waals surface area contributed by atoms with Crippen molar-refractivity contribution < 1.29 is 14.3 Å². The molecule has 29 heavy (non-hydrogen) atoms. The summed E-state index contributed by atoms with van der Waals surface area (Å²) < 4.78 is 11.4. The first kappa shape index (κ1) is 20.3. The summed E-state index contributed by atoms with van der Waals surface area (Å²) in [4.78, 5) is 21.0. The number of ether oxygens (including phenoxy) is 2. The minimum atomic E-state index is -0.740. The number of aryl methyl sites for hydroxylation is 2. The van der Waals surface area contributed by atoms with Crippen molar-refractivity contribution in [2.75, 3.05) is 26.8 Å². The molecule has 1 saturated heterocycles. The molecule has 2 aliphatic heterocycles. The average Bonchev–Trinajstić information content (AvgIpc) is 3.17. The molecule has 3 heterocycles. The Hall–Kier alpha value is -1.96. The second-order valence-electron chi connectivity index (χ2n) is 7.91. The number of rotatable bonds is 6. The average molecular weight is 416 g/mol. The number of carbonyl (C=O) groups is 1. The van der Waals surface area contributed by atoms with Crippen LogP contribution in [-0.4, -0.2) is 48.2 Å². The van der Waals surface area contributed by atoms with Crippen molar-refractivity contribution in [1.82, 2.24) is 15.2 Å². The summed E-state index contributed by atoms with van der Waals surface area (Å²) in [5, 5.41) is 3.11. The molecule has 0 saturated carbocycles. The second-order valence-corrected chi connectivity index (χ2v) is 8.85. The zero-order chi connectivity index (χ0) is 20.3. The van der Waals surface area contributed by atoms with Crippen LogP contribution in [0.15, 0.2) is 23.7 Å². The van der Waals surface area contributed by atoms with Crippen molar-refractivity contribution in [3.8, 4) is 5.75 Å². The lowest BCUT2D eigenvalue weighted by molar-refractivity contribution is -0.150. The summed E-state index contributed by atoms with van der Waals surface area (Å²) in [6, 6.07) is 6.19. The molecule has 0 bridgehead atoms. The van der Waals surface area contributed by atoms with Gasteiger partial charge in [0.15, 0.2) is 0 Å². The fraction of sp³-hybridized carbons (Fsp3) is 0.545. The van der Waals surface area contributed by atoms with Gasteiger partial charge < -0.3 is 14.8 Å². The number of nitrogens with one attached hydrogen (secondary N) is 1. The number of aromatic nitrogens is 1. The van der Waals surface area contributed by atoms with Crippen molar-refractivity contribution >= 4 is 17.2 Å². The van der Waals surface area contributed by atoms with Crippen LogP contribution < -0.4 is 10.1 Å². The maximum atomic E-state index is 13.0.